The topological polar surface area (TPSA) is 49.4 Å². The largest absolute Gasteiger partial charge is 0.355 e. The Bertz CT molecular complexity index is 734. The first-order valence-electron chi connectivity index (χ1n) is 8.90. The molecule has 2 amide bonds. The summed E-state index contributed by atoms with van der Waals surface area (Å²) >= 11 is 6.08. The van der Waals surface area contributed by atoms with E-state index < -0.39 is 6.04 Å². The summed E-state index contributed by atoms with van der Waals surface area (Å²) in [6, 6.07) is 16.6. The molecule has 2 rings (SSSR count). The minimum absolute atomic E-state index is 0.0582. The third-order valence-corrected chi connectivity index (χ3v) is 4.40. The van der Waals surface area contributed by atoms with Crippen LogP contribution in [0.4, 0.5) is 0 Å². The van der Waals surface area contributed by atoms with Crippen molar-refractivity contribution in [2.45, 2.75) is 39.3 Å². The second-order valence-corrected chi connectivity index (χ2v) is 6.54. The Balaban J connectivity index is 2.33. The van der Waals surface area contributed by atoms with E-state index in [0.29, 0.717) is 31.0 Å². The van der Waals surface area contributed by atoms with E-state index in [0.717, 1.165) is 11.1 Å². The predicted octanol–water partition coefficient (Wildman–Crippen LogP) is 3.83. The van der Waals surface area contributed by atoms with E-state index in [1.165, 1.54) is 0 Å². The average Bonchev–Trinajstić information content (AvgIpc) is 2.65. The van der Waals surface area contributed by atoms with Crippen LogP contribution >= 0.6 is 11.6 Å². The number of amides is 2. The van der Waals surface area contributed by atoms with E-state index >= 15 is 0 Å². The van der Waals surface area contributed by atoms with Gasteiger partial charge in [-0.3, -0.25) is 9.59 Å². The molecule has 1 unspecified atom stereocenters. The third kappa shape index (κ3) is 5.60. The molecule has 0 fully saturated rings. The first-order chi connectivity index (χ1) is 12.5. The third-order valence-electron chi connectivity index (χ3n) is 4.17. The normalized spacial score (nSPS) is 11.7. The van der Waals surface area contributed by atoms with E-state index in [1.54, 1.807) is 11.0 Å². The molecule has 0 aliphatic rings. The molecule has 0 saturated carbocycles. The van der Waals surface area contributed by atoms with Crippen molar-refractivity contribution in [3.8, 4) is 0 Å². The van der Waals surface area contributed by atoms with Gasteiger partial charge < -0.3 is 10.2 Å². The molecule has 1 atom stereocenters. The molecule has 1 N–H and O–H groups in total. The SMILES string of the molecule is CCNC(=O)C(Cc1ccccc1)N(Cc1cccc(Cl)c1)C(=O)CC. The number of hydrogen-bond donors (Lipinski definition) is 1. The lowest BCUT2D eigenvalue weighted by molar-refractivity contribution is -0.141. The smallest absolute Gasteiger partial charge is 0.243 e. The summed E-state index contributed by atoms with van der Waals surface area (Å²) in [5.74, 6) is -0.197. The number of rotatable bonds is 8. The number of carbonyl (C=O) groups excluding carboxylic acids is 2. The monoisotopic (exact) mass is 372 g/mol. The van der Waals surface area contributed by atoms with Gasteiger partial charge in [0.15, 0.2) is 0 Å². The van der Waals surface area contributed by atoms with Crippen molar-refractivity contribution in [2.75, 3.05) is 6.54 Å². The Morgan fingerprint density at radius 3 is 2.35 bits per heavy atom. The zero-order valence-corrected chi connectivity index (χ0v) is 16.0. The molecule has 138 valence electrons. The molecular weight excluding hydrogens is 348 g/mol. The average molecular weight is 373 g/mol. The van der Waals surface area contributed by atoms with Crippen molar-refractivity contribution >= 4 is 23.4 Å². The molecule has 0 aliphatic heterocycles. The number of hydrogen-bond acceptors (Lipinski definition) is 2. The van der Waals surface area contributed by atoms with Crippen LogP contribution in [0.3, 0.4) is 0 Å². The number of carbonyl (C=O) groups is 2. The molecule has 0 radical (unpaired) electrons. The van der Waals surface area contributed by atoms with Crippen LogP contribution < -0.4 is 5.32 Å². The second-order valence-electron chi connectivity index (χ2n) is 6.11. The number of nitrogens with one attached hydrogen (secondary N) is 1. The summed E-state index contributed by atoms with van der Waals surface area (Å²) in [5.41, 5.74) is 1.92. The van der Waals surface area contributed by atoms with Gasteiger partial charge in [0.25, 0.3) is 0 Å². The molecule has 4 nitrogen and oxygen atoms in total. The number of nitrogens with zero attached hydrogens (tertiary/aromatic N) is 1. The molecule has 0 spiro atoms. The van der Waals surface area contributed by atoms with Gasteiger partial charge in [0.2, 0.25) is 11.8 Å². The fraction of sp³-hybridized carbons (Fsp3) is 0.333. The molecule has 0 aromatic heterocycles. The van der Waals surface area contributed by atoms with E-state index in [9.17, 15) is 9.59 Å². The fourth-order valence-electron chi connectivity index (χ4n) is 2.88. The molecule has 2 aromatic carbocycles. The summed E-state index contributed by atoms with van der Waals surface area (Å²) in [7, 11) is 0. The maximum atomic E-state index is 12.7. The highest BCUT2D eigenvalue weighted by Gasteiger charge is 2.29. The maximum absolute atomic E-state index is 12.7. The Hall–Kier alpha value is -2.33. The van der Waals surface area contributed by atoms with Crippen molar-refractivity contribution in [1.29, 1.82) is 0 Å². The van der Waals surface area contributed by atoms with E-state index in [2.05, 4.69) is 5.32 Å². The Morgan fingerprint density at radius 1 is 1.04 bits per heavy atom. The van der Waals surface area contributed by atoms with Crippen LogP contribution in [0.1, 0.15) is 31.4 Å². The summed E-state index contributed by atoms with van der Waals surface area (Å²) in [5, 5.41) is 3.48. The van der Waals surface area contributed by atoms with Crippen molar-refractivity contribution < 1.29 is 9.59 Å². The maximum Gasteiger partial charge on any atom is 0.243 e. The van der Waals surface area contributed by atoms with Gasteiger partial charge in [0.1, 0.15) is 6.04 Å². The summed E-state index contributed by atoms with van der Waals surface area (Å²) in [6.45, 7) is 4.56. The van der Waals surface area contributed by atoms with Gasteiger partial charge in [-0.15, -0.1) is 0 Å². The van der Waals surface area contributed by atoms with Crippen LogP contribution in [-0.2, 0) is 22.6 Å². The number of halogens is 1. The molecule has 0 heterocycles. The molecule has 0 aliphatic carbocycles. The van der Waals surface area contributed by atoms with E-state index in [-0.39, 0.29) is 11.8 Å². The lowest BCUT2D eigenvalue weighted by atomic mass is 10.0. The van der Waals surface area contributed by atoms with E-state index in [4.69, 9.17) is 11.6 Å². The molecule has 26 heavy (non-hydrogen) atoms. The van der Waals surface area contributed by atoms with Gasteiger partial charge in [-0.1, -0.05) is 61.0 Å². The minimum atomic E-state index is -0.566. The molecule has 0 bridgehead atoms. The van der Waals surface area contributed by atoms with Crippen LogP contribution in [-0.4, -0.2) is 29.3 Å². The minimum Gasteiger partial charge on any atom is -0.355 e. The van der Waals surface area contributed by atoms with Crippen molar-refractivity contribution in [1.82, 2.24) is 10.2 Å². The van der Waals surface area contributed by atoms with Gasteiger partial charge in [-0.25, -0.2) is 0 Å². The van der Waals surface area contributed by atoms with Crippen LogP contribution in [0, 0.1) is 0 Å². The summed E-state index contributed by atoms with van der Waals surface area (Å²) < 4.78 is 0. The number of benzene rings is 2. The number of likely N-dealkylation sites (N-methyl/N-ethyl adjacent to an activating group) is 1. The first-order valence-corrected chi connectivity index (χ1v) is 9.28. The van der Waals surface area contributed by atoms with Gasteiger partial charge in [-0.2, -0.15) is 0 Å². The quantitative estimate of drug-likeness (QED) is 0.765. The molecular formula is C21H25ClN2O2. The summed E-state index contributed by atoms with van der Waals surface area (Å²) in [4.78, 5) is 27.0. The highest BCUT2D eigenvalue weighted by molar-refractivity contribution is 6.30. The Labute approximate surface area is 160 Å². The Kier molecular flexibility index (Phi) is 7.67. The van der Waals surface area contributed by atoms with Crippen LogP contribution in [0.2, 0.25) is 5.02 Å². The van der Waals surface area contributed by atoms with Crippen LogP contribution in [0.15, 0.2) is 54.6 Å². The van der Waals surface area contributed by atoms with Crippen LogP contribution in [0.5, 0.6) is 0 Å². The lowest BCUT2D eigenvalue weighted by Crippen LogP contribution is -2.50. The predicted molar refractivity (Wildman–Crippen MR) is 105 cm³/mol. The highest BCUT2D eigenvalue weighted by atomic mass is 35.5. The second kappa shape index (κ2) is 9.97. The first kappa shape index (κ1) is 20.0. The van der Waals surface area contributed by atoms with Crippen molar-refractivity contribution in [2.24, 2.45) is 0 Å². The van der Waals surface area contributed by atoms with E-state index in [1.807, 2.05) is 62.4 Å². The highest BCUT2D eigenvalue weighted by Crippen LogP contribution is 2.18. The summed E-state index contributed by atoms with van der Waals surface area (Å²) in [6.07, 6.45) is 0.810. The van der Waals surface area contributed by atoms with Gasteiger partial charge in [0, 0.05) is 31.0 Å². The standard InChI is InChI=1S/C21H25ClN2O2/c1-3-20(25)24(15-17-11-8-12-18(22)13-17)19(21(26)23-4-2)14-16-9-6-5-7-10-16/h5-13,19H,3-4,14-15H2,1-2H3,(H,23,26). The van der Waals surface area contributed by atoms with Gasteiger partial charge >= 0.3 is 0 Å². The van der Waals surface area contributed by atoms with Gasteiger partial charge in [-0.05, 0) is 30.2 Å². The Morgan fingerprint density at radius 2 is 1.73 bits per heavy atom. The molecule has 0 saturated heterocycles. The van der Waals surface area contributed by atoms with Crippen molar-refractivity contribution in [3.63, 3.8) is 0 Å². The molecule has 5 heteroatoms. The van der Waals surface area contributed by atoms with Gasteiger partial charge in [0.05, 0.1) is 0 Å². The lowest BCUT2D eigenvalue weighted by Gasteiger charge is -2.31. The molecule has 2 aromatic rings. The van der Waals surface area contributed by atoms with Crippen molar-refractivity contribution in [3.05, 3.63) is 70.7 Å². The van der Waals surface area contributed by atoms with Crippen LogP contribution in [0.25, 0.3) is 0 Å². The zero-order chi connectivity index (χ0) is 18.9. The zero-order valence-electron chi connectivity index (χ0n) is 15.2. The fourth-order valence-corrected chi connectivity index (χ4v) is 3.09.